The van der Waals surface area contributed by atoms with E-state index in [0.29, 0.717) is 19.1 Å². The van der Waals surface area contributed by atoms with Crippen LogP contribution < -0.4 is 15.4 Å². The van der Waals surface area contributed by atoms with Crippen molar-refractivity contribution in [3.05, 3.63) is 29.8 Å². The predicted molar refractivity (Wildman–Crippen MR) is 108 cm³/mol. The normalized spacial score (nSPS) is 12.5. The lowest BCUT2D eigenvalue weighted by molar-refractivity contribution is 0.186. The fourth-order valence-electron chi connectivity index (χ4n) is 1.94. The molecule has 1 aromatic rings. The third kappa shape index (κ3) is 9.29. The quantitative estimate of drug-likeness (QED) is 0.233. The SMILES string of the molecule is CCNC(=NCC(O)c1ccc(OC(C)C)cc1)NCCOC.I. The summed E-state index contributed by atoms with van der Waals surface area (Å²) in [5, 5.41) is 16.5. The molecule has 24 heavy (non-hydrogen) atoms. The Morgan fingerprint density at radius 1 is 1.21 bits per heavy atom. The van der Waals surface area contributed by atoms with Gasteiger partial charge in [-0.1, -0.05) is 12.1 Å². The van der Waals surface area contributed by atoms with Crippen LogP contribution in [-0.2, 0) is 4.74 Å². The third-order valence-corrected chi connectivity index (χ3v) is 3.00. The molecule has 0 amide bonds. The maximum Gasteiger partial charge on any atom is 0.191 e. The molecule has 0 saturated heterocycles. The first-order valence-corrected chi connectivity index (χ1v) is 8.02. The molecule has 6 nitrogen and oxygen atoms in total. The number of benzene rings is 1. The number of hydrogen-bond acceptors (Lipinski definition) is 4. The van der Waals surface area contributed by atoms with Crippen LogP contribution in [0.15, 0.2) is 29.3 Å². The molecule has 1 aromatic carbocycles. The average Bonchev–Trinajstić information content (AvgIpc) is 2.52. The Balaban J connectivity index is 0.00000529. The average molecular weight is 451 g/mol. The van der Waals surface area contributed by atoms with Gasteiger partial charge in [0.15, 0.2) is 5.96 Å². The van der Waals surface area contributed by atoms with Crippen molar-refractivity contribution >= 4 is 29.9 Å². The molecule has 1 atom stereocenters. The van der Waals surface area contributed by atoms with Crippen LogP contribution >= 0.6 is 24.0 Å². The molecule has 138 valence electrons. The van der Waals surface area contributed by atoms with Crippen LogP contribution in [0.5, 0.6) is 5.75 Å². The Hall–Kier alpha value is -1.06. The van der Waals surface area contributed by atoms with Gasteiger partial charge < -0.3 is 25.2 Å². The summed E-state index contributed by atoms with van der Waals surface area (Å²) in [7, 11) is 1.65. The zero-order valence-corrected chi connectivity index (χ0v) is 17.2. The largest absolute Gasteiger partial charge is 0.491 e. The fraction of sp³-hybridized carbons (Fsp3) is 0.588. The van der Waals surface area contributed by atoms with Gasteiger partial charge in [-0.05, 0) is 38.5 Å². The van der Waals surface area contributed by atoms with Crippen LogP contribution in [0.1, 0.15) is 32.4 Å². The summed E-state index contributed by atoms with van der Waals surface area (Å²) in [6.45, 7) is 8.27. The number of aliphatic hydroxyl groups is 1. The van der Waals surface area contributed by atoms with Crippen LogP contribution in [0.25, 0.3) is 0 Å². The lowest BCUT2D eigenvalue weighted by Gasteiger charge is -2.14. The minimum Gasteiger partial charge on any atom is -0.491 e. The second-order valence-electron chi connectivity index (χ2n) is 5.39. The molecular weight excluding hydrogens is 421 g/mol. The summed E-state index contributed by atoms with van der Waals surface area (Å²) in [4.78, 5) is 4.39. The van der Waals surface area contributed by atoms with E-state index in [1.165, 1.54) is 0 Å². The Bertz CT molecular complexity index is 467. The monoisotopic (exact) mass is 451 g/mol. The molecule has 0 fully saturated rings. The molecule has 1 unspecified atom stereocenters. The summed E-state index contributed by atoms with van der Waals surface area (Å²) < 4.78 is 10.6. The van der Waals surface area contributed by atoms with Crippen LogP contribution in [0.2, 0.25) is 0 Å². The molecule has 0 radical (unpaired) electrons. The number of ether oxygens (including phenoxy) is 2. The highest BCUT2D eigenvalue weighted by atomic mass is 127. The van der Waals surface area contributed by atoms with E-state index >= 15 is 0 Å². The van der Waals surface area contributed by atoms with Crippen LogP contribution in [0, 0.1) is 0 Å². The van der Waals surface area contributed by atoms with E-state index in [2.05, 4.69) is 15.6 Å². The fourth-order valence-corrected chi connectivity index (χ4v) is 1.94. The number of nitrogens with zero attached hydrogens (tertiary/aromatic N) is 1. The Labute approximate surface area is 162 Å². The van der Waals surface area contributed by atoms with Gasteiger partial charge in [-0.3, -0.25) is 4.99 Å². The smallest absolute Gasteiger partial charge is 0.191 e. The second-order valence-corrected chi connectivity index (χ2v) is 5.39. The summed E-state index contributed by atoms with van der Waals surface area (Å²) in [6.07, 6.45) is -0.516. The zero-order valence-electron chi connectivity index (χ0n) is 14.9. The third-order valence-electron chi connectivity index (χ3n) is 3.00. The van der Waals surface area contributed by atoms with Crippen molar-refractivity contribution in [3.63, 3.8) is 0 Å². The highest BCUT2D eigenvalue weighted by molar-refractivity contribution is 14.0. The van der Waals surface area contributed by atoms with Gasteiger partial charge in [0.25, 0.3) is 0 Å². The van der Waals surface area contributed by atoms with Crippen LogP contribution in [0.3, 0.4) is 0 Å². The minimum absolute atomic E-state index is 0. The van der Waals surface area contributed by atoms with Gasteiger partial charge in [0.05, 0.1) is 25.4 Å². The molecule has 0 aliphatic heterocycles. The van der Waals surface area contributed by atoms with Crippen molar-refractivity contribution in [2.75, 3.05) is 33.4 Å². The predicted octanol–water partition coefficient (Wildman–Crippen LogP) is 2.33. The molecule has 0 bridgehead atoms. The summed E-state index contributed by atoms with van der Waals surface area (Å²) in [5.41, 5.74) is 0.817. The molecule has 3 N–H and O–H groups in total. The maximum absolute atomic E-state index is 10.3. The standard InChI is InChI=1S/C17H29N3O3.HI/c1-5-18-17(19-10-11-22-4)20-12-16(21)14-6-8-15(9-7-14)23-13(2)3;/h6-9,13,16,21H,5,10-12H2,1-4H3,(H2,18,19,20);1H. The molecule has 0 spiro atoms. The molecule has 0 heterocycles. The molecular formula is C17H30IN3O3. The molecule has 0 saturated carbocycles. The molecule has 0 aliphatic rings. The van der Waals surface area contributed by atoms with Crippen molar-refractivity contribution in [2.24, 2.45) is 4.99 Å². The van der Waals surface area contributed by atoms with E-state index in [1.54, 1.807) is 7.11 Å². The maximum atomic E-state index is 10.3. The Kier molecular flexibility index (Phi) is 12.7. The number of methoxy groups -OCH3 is 1. The molecule has 0 aliphatic carbocycles. The summed E-state index contributed by atoms with van der Waals surface area (Å²) >= 11 is 0. The summed E-state index contributed by atoms with van der Waals surface area (Å²) in [5.74, 6) is 1.47. The van der Waals surface area contributed by atoms with Crippen molar-refractivity contribution in [3.8, 4) is 5.75 Å². The van der Waals surface area contributed by atoms with E-state index in [0.717, 1.165) is 17.9 Å². The Morgan fingerprint density at radius 2 is 1.88 bits per heavy atom. The molecule has 7 heteroatoms. The van der Waals surface area contributed by atoms with Crippen molar-refractivity contribution in [2.45, 2.75) is 33.0 Å². The number of hydrogen-bond donors (Lipinski definition) is 3. The number of aliphatic hydroxyl groups excluding tert-OH is 1. The van der Waals surface area contributed by atoms with E-state index in [1.807, 2.05) is 45.0 Å². The highest BCUT2D eigenvalue weighted by Crippen LogP contribution is 2.18. The Morgan fingerprint density at radius 3 is 2.42 bits per heavy atom. The van der Waals surface area contributed by atoms with E-state index in [-0.39, 0.29) is 36.6 Å². The van der Waals surface area contributed by atoms with Gasteiger partial charge in [-0.25, -0.2) is 0 Å². The number of aliphatic imine (C=N–C) groups is 1. The van der Waals surface area contributed by atoms with Gasteiger partial charge in [0, 0.05) is 20.2 Å². The lowest BCUT2D eigenvalue weighted by atomic mass is 10.1. The van der Waals surface area contributed by atoms with E-state index < -0.39 is 6.10 Å². The molecule has 1 rings (SSSR count). The van der Waals surface area contributed by atoms with Gasteiger partial charge in [0.1, 0.15) is 5.75 Å². The second kappa shape index (κ2) is 13.3. The minimum atomic E-state index is -0.652. The first kappa shape index (κ1) is 22.9. The van der Waals surface area contributed by atoms with Crippen LogP contribution in [-0.4, -0.2) is 50.5 Å². The van der Waals surface area contributed by atoms with Gasteiger partial charge in [0.2, 0.25) is 0 Å². The summed E-state index contributed by atoms with van der Waals surface area (Å²) in [6, 6.07) is 7.46. The van der Waals surface area contributed by atoms with Crippen molar-refractivity contribution in [1.29, 1.82) is 0 Å². The van der Waals surface area contributed by atoms with E-state index in [9.17, 15) is 5.11 Å². The number of nitrogens with one attached hydrogen (secondary N) is 2. The lowest BCUT2D eigenvalue weighted by Crippen LogP contribution is -2.39. The first-order chi connectivity index (χ1) is 11.1. The van der Waals surface area contributed by atoms with Crippen molar-refractivity contribution in [1.82, 2.24) is 10.6 Å². The number of rotatable bonds is 9. The number of halogens is 1. The van der Waals surface area contributed by atoms with Gasteiger partial charge in [-0.15, -0.1) is 24.0 Å². The molecule has 0 aromatic heterocycles. The first-order valence-electron chi connectivity index (χ1n) is 8.02. The van der Waals surface area contributed by atoms with Crippen molar-refractivity contribution < 1.29 is 14.6 Å². The van der Waals surface area contributed by atoms with E-state index in [4.69, 9.17) is 9.47 Å². The van der Waals surface area contributed by atoms with Gasteiger partial charge >= 0.3 is 0 Å². The highest BCUT2D eigenvalue weighted by Gasteiger charge is 2.08. The van der Waals surface area contributed by atoms with Gasteiger partial charge in [-0.2, -0.15) is 0 Å². The van der Waals surface area contributed by atoms with Crippen LogP contribution in [0.4, 0.5) is 0 Å². The number of guanidine groups is 1. The topological polar surface area (TPSA) is 75.1 Å². The zero-order chi connectivity index (χ0) is 17.1.